The van der Waals surface area contributed by atoms with Gasteiger partial charge in [-0.05, 0) is 36.1 Å². The minimum Gasteiger partial charge on any atom is -0.383 e. The van der Waals surface area contributed by atoms with Crippen molar-refractivity contribution in [3.63, 3.8) is 0 Å². The monoisotopic (exact) mass is 411 g/mol. The first-order valence-electron chi connectivity index (χ1n) is 10.1. The number of aliphatic hydroxyl groups is 1. The van der Waals surface area contributed by atoms with Gasteiger partial charge >= 0.3 is 0 Å². The van der Waals surface area contributed by atoms with Crippen LogP contribution >= 0.6 is 0 Å². The zero-order valence-corrected chi connectivity index (χ0v) is 17.7. The molecule has 0 aromatic carbocycles. The van der Waals surface area contributed by atoms with Crippen LogP contribution in [0.5, 0.6) is 0 Å². The number of amides is 1. The molecule has 8 nitrogen and oxygen atoms in total. The van der Waals surface area contributed by atoms with Crippen LogP contribution in [0, 0.1) is 5.41 Å². The van der Waals surface area contributed by atoms with Crippen LogP contribution in [-0.4, -0.2) is 63.9 Å². The lowest BCUT2D eigenvalue weighted by molar-refractivity contribution is -0.145. The zero-order chi connectivity index (χ0) is 21.9. The number of aliphatic hydroxyl groups excluding tert-OH is 1. The van der Waals surface area contributed by atoms with Gasteiger partial charge in [-0.15, -0.1) is 0 Å². The number of pyridine rings is 2. The van der Waals surface area contributed by atoms with E-state index in [1.165, 1.54) is 6.20 Å². The Balaban J connectivity index is 1.73. The third-order valence-electron chi connectivity index (χ3n) is 5.24. The third-order valence-corrected chi connectivity index (χ3v) is 5.24. The molecule has 2 aromatic rings. The summed E-state index contributed by atoms with van der Waals surface area (Å²) in [6.45, 7) is 7.88. The summed E-state index contributed by atoms with van der Waals surface area (Å²) in [7, 11) is 0. The van der Waals surface area contributed by atoms with Crippen molar-refractivity contribution in [2.45, 2.75) is 33.3 Å². The quantitative estimate of drug-likeness (QED) is 0.737. The van der Waals surface area contributed by atoms with Crippen LogP contribution in [-0.2, 0) is 4.79 Å². The lowest BCUT2D eigenvalue weighted by Gasteiger charge is -2.30. The molecule has 0 bridgehead atoms. The van der Waals surface area contributed by atoms with Crippen molar-refractivity contribution in [1.29, 1.82) is 0 Å². The molecule has 1 amide bonds. The van der Waals surface area contributed by atoms with Crippen LogP contribution in [0.2, 0.25) is 0 Å². The Hall–Kier alpha value is -3.00. The number of nitrogens with two attached hydrogens (primary N) is 1. The number of rotatable bonds is 4. The molecule has 160 valence electrons. The number of carbonyl (C=O) groups excluding carboxylic acids is 2. The molecule has 3 heterocycles. The van der Waals surface area contributed by atoms with Gasteiger partial charge in [0.05, 0.1) is 5.56 Å². The van der Waals surface area contributed by atoms with Crippen LogP contribution in [0.1, 0.15) is 43.2 Å². The number of nitrogens with zero attached hydrogens (tertiary/aromatic N) is 4. The molecule has 0 spiro atoms. The van der Waals surface area contributed by atoms with Gasteiger partial charge in [0.1, 0.15) is 23.4 Å². The van der Waals surface area contributed by atoms with Gasteiger partial charge in [-0.2, -0.15) is 0 Å². The van der Waals surface area contributed by atoms with Crippen molar-refractivity contribution in [3.05, 3.63) is 47.8 Å². The highest BCUT2D eigenvalue weighted by molar-refractivity contribution is 6.10. The van der Waals surface area contributed by atoms with Crippen LogP contribution in [0.4, 0.5) is 11.6 Å². The van der Waals surface area contributed by atoms with Gasteiger partial charge in [-0.25, -0.2) is 9.97 Å². The van der Waals surface area contributed by atoms with Gasteiger partial charge in [0.15, 0.2) is 0 Å². The Morgan fingerprint density at radius 2 is 1.87 bits per heavy atom. The summed E-state index contributed by atoms with van der Waals surface area (Å²) >= 11 is 0. The largest absolute Gasteiger partial charge is 0.383 e. The minimum atomic E-state index is -1.03. The van der Waals surface area contributed by atoms with E-state index in [-0.39, 0.29) is 17.5 Å². The number of ketones is 1. The van der Waals surface area contributed by atoms with E-state index in [0.29, 0.717) is 43.3 Å². The molecule has 8 heteroatoms. The summed E-state index contributed by atoms with van der Waals surface area (Å²) in [6, 6.07) is 8.60. The van der Waals surface area contributed by atoms with Crippen LogP contribution in [0.15, 0.2) is 36.5 Å². The molecule has 0 radical (unpaired) electrons. The molecule has 1 saturated heterocycles. The molecular formula is C22H29N5O3. The fourth-order valence-corrected chi connectivity index (χ4v) is 3.38. The maximum atomic E-state index is 12.8. The number of aromatic nitrogens is 2. The first-order valence-corrected chi connectivity index (χ1v) is 10.1. The first-order chi connectivity index (χ1) is 14.2. The van der Waals surface area contributed by atoms with Crippen LogP contribution in [0.3, 0.4) is 0 Å². The summed E-state index contributed by atoms with van der Waals surface area (Å²) in [6.07, 6.45) is 1.25. The summed E-state index contributed by atoms with van der Waals surface area (Å²) in [4.78, 5) is 37.7. The smallest absolute Gasteiger partial charge is 0.252 e. The predicted octanol–water partition coefficient (Wildman–Crippen LogP) is 1.74. The predicted molar refractivity (Wildman–Crippen MR) is 115 cm³/mol. The first kappa shape index (κ1) is 21.7. The lowest BCUT2D eigenvalue weighted by atomic mass is 9.88. The maximum Gasteiger partial charge on any atom is 0.252 e. The number of carbonyl (C=O) groups is 2. The lowest BCUT2D eigenvalue weighted by Crippen LogP contribution is -2.46. The van der Waals surface area contributed by atoms with Gasteiger partial charge in [0.2, 0.25) is 5.78 Å². The number of hydrogen-bond acceptors (Lipinski definition) is 7. The Bertz CT molecular complexity index is 925. The SMILES string of the molecule is CC(C)(C)C(O)C(=O)N1CCCN(c2cccc(C(=O)c3cccnc3N)n2)CC1. The average molecular weight is 412 g/mol. The molecule has 0 aliphatic carbocycles. The summed E-state index contributed by atoms with van der Waals surface area (Å²) in [5.41, 5.74) is 5.95. The highest BCUT2D eigenvalue weighted by atomic mass is 16.3. The second-order valence-electron chi connectivity index (χ2n) is 8.58. The maximum absolute atomic E-state index is 12.8. The Kier molecular flexibility index (Phi) is 6.36. The van der Waals surface area contributed by atoms with E-state index in [1.54, 1.807) is 29.2 Å². The Morgan fingerprint density at radius 1 is 1.10 bits per heavy atom. The molecule has 3 N–H and O–H groups in total. The van der Waals surface area contributed by atoms with Crippen molar-refractivity contribution in [1.82, 2.24) is 14.9 Å². The van der Waals surface area contributed by atoms with Gasteiger partial charge in [-0.1, -0.05) is 26.8 Å². The van der Waals surface area contributed by atoms with Gasteiger partial charge in [0.25, 0.3) is 5.91 Å². The van der Waals surface area contributed by atoms with E-state index in [2.05, 4.69) is 14.9 Å². The molecule has 1 unspecified atom stereocenters. The highest BCUT2D eigenvalue weighted by Crippen LogP contribution is 2.22. The molecule has 1 aliphatic rings. The average Bonchev–Trinajstić information content (AvgIpc) is 2.98. The highest BCUT2D eigenvalue weighted by Gasteiger charge is 2.33. The van der Waals surface area contributed by atoms with E-state index in [4.69, 9.17) is 5.73 Å². The fraction of sp³-hybridized carbons (Fsp3) is 0.455. The summed E-state index contributed by atoms with van der Waals surface area (Å²) < 4.78 is 0. The molecular weight excluding hydrogens is 382 g/mol. The molecule has 2 aromatic heterocycles. The molecule has 30 heavy (non-hydrogen) atoms. The van der Waals surface area contributed by atoms with Crippen molar-refractivity contribution < 1.29 is 14.7 Å². The van der Waals surface area contributed by atoms with E-state index in [0.717, 1.165) is 6.42 Å². The molecule has 1 atom stereocenters. The van der Waals surface area contributed by atoms with Gasteiger partial charge in [-0.3, -0.25) is 9.59 Å². The molecule has 1 fully saturated rings. The van der Waals surface area contributed by atoms with Crippen molar-refractivity contribution >= 4 is 23.3 Å². The standard InChI is InChI=1S/C22H29N5O3/c1-22(2,3)19(29)21(30)27-12-6-11-26(13-14-27)17-9-4-8-16(25-17)18(28)15-7-5-10-24-20(15)23/h4-5,7-10,19,29H,6,11-14H2,1-3H3,(H2,23,24). The topological polar surface area (TPSA) is 113 Å². The second kappa shape index (κ2) is 8.79. The van der Waals surface area contributed by atoms with Gasteiger partial charge < -0.3 is 20.6 Å². The molecule has 1 aliphatic heterocycles. The van der Waals surface area contributed by atoms with E-state index < -0.39 is 11.5 Å². The Morgan fingerprint density at radius 3 is 2.57 bits per heavy atom. The van der Waals surface area contributed by atoms with Gasteiger partial charge in [0, 0.05) is 32.4 Å². The number of nitrogen functional groups attached to an aromatic ring is 1. The van der Waals surface area contributed by atoms with E-state index in [1.807, 2.05) is 26.8 Å². The molecule has 3 rings (SSSR count). The van der Waals surface area contributed by atoms with E-state index in [9.17, 15) is 14.7 Å². The second-order valence-corrected chi connectivity index (χ2v) is 8.58. The van der Waals surface area contributed by atoms with Crippen LogP contribution in [0.25, 0.3) is 0 Å². The van der Waals surface area contributed by atoms with Crippen molar-refractivity contribution in [2.24, 2.45) is 5.41 Å². The van der Waals surface area contributed by atoms with E-state index >= 15 is 0 Å². The molecule has 0 saturated carbocycles. The zero-order valence-electron chi connectivity index (χ0n) is 17.7. The normalized spacial score (nSPS) is 16.1. The minimum absolute atomic E-state index is 0.177. The summed E-state index contributed by atoms with van der Waals surface area (Å²) in [5.74, 6) is 0.334. The summed E-state index contributed by atoms with van der Waals surface area (Å²) in [5, 5.41) is 10.3. The number of anilines is 2. The fourth-order valence-electron chi connectivity index (χ4n) is 3.38. The Labute approximate surface area is 176 Å². The third kappa shape index (κ3) is 4.76. The number of hydrogen-bond donors (Lipinski definition) is 2. The van der Waals surface area contributed by atoms with Crippen molar-refractivity contribution in [2.75, 3.05) is 36.8 Å². The van der Waals surface area contributed by atoms with Crippen LogP contribution < -0.4 is 10.6 Å². The van der Waals surface area contributed by atoms with Crippen molar-refractivity contribution in [3.8, 4) is 0 Å².